The predicted octanol–water partition coefficient (Wildman–Crippen LogP) is 4.73. The van der Waals surface area contributed by atoms with E-state index in [0.29, 0.717) is 41.5 Å². The van der Waals surface area contributed by atoms with E-state index in [-0.39, 0.29) is 5.97 Å². The Hall–Kier alpha value is -3.95. The van der Waals surface area contributed by atoms with Gasteiger partial charge in [-0.1, -0.05) is 12.1 Å². The van der Waals surface area contributed by atoms with E-state index in [9.17, 15) is 4.79 Å². The number of aromatic nitrogens is 3. The Labute approximate surface area is 216 Å². The van der Waals surface area contributed by atoms with Crippen LogP contribution >= 0.6 is 0 Å². The normalized spacial score (nSPS) is 16.2. The van der Waals surface area contributed by atoms with Gasteiger partial charge in [0.25, 0.3) is 0 Å². The van der Waals surface area contributed by atoms with Gasteiger partial charge in [-0.3, -0.25) is 0 Å². The van der Waals surface area contributed by atoms with E-state index in [4.69, 9.17) is 14.1 Å². The van der Waals surface area contributed by atoms with Crippen molar-refractivity contribution in [3.63, 3.8) is 0 Å². The second-order valence-electron chi connectivity index (χ2n) is 9.22. The number of hydrazone groups is 1. The molecule has 37 heavy (non-hydrogen) atoms. The second kappa shape index (κ2) is 11.9. The number of rotatable bonds is 8. The predicted molar refractivity (Wildman–Crippen MR) is 143 cm³/mol. The van der Waals surface area contributed by atoms with Gasteiger partial charge in [-0.25, -0.2) is 10.2 Å². The summed E-state index contributed by atoms with van der Waals surface area (Å²) in [4.78, 5) is 30.4. The van der Waals surface area contributed by atoms with Crippen LogP contribution in [-0.2, 0) is 4.74 Å². The molecule has 10 heteroatoms. The molecule has 2 saturated heterocycles. The Kier molecular flexibility index (Phi) is 7.93. The molecule has 0 bridgehead atoms. The van der Waals surface area contributed by atoms with Crippen molar-refractivity contribution in [2.45, 2.75) is 45.4 Å². The number of anilines is 3. The summed E-state index contributed by atoms with van der Waals surface area (Å²) in [7, 11) is 0. The summed E-state index contributed by atoms with van der Waals surface area (Å²) in [5, 5.41) is 4.33. The van der Waals surface area contributed by atoms with Crippen LogP contribution in [0.3, 0.4) is 0 Å². The fourth-order valence-electron chi connectivity index (χ4n) is 4.59. The second-order valence-corrected chi connectivity index (χ2v) is 9.22. The molecule has 0 unspecified atom stereocenters. The minimum absolute atomic E-state index is 0.336. The van der Waals surface area contributed by atoms with Crippen LogP contribution in [0.25, 0.3) is 11.3 Å². The lowest BCUT2D eigenvalue weighted by atomic mass is 10.1. The van der Waals surface area contributed by atoms with Crippen LogP contribution in [0.5, 0.6) is 0 Å². The Morgan fingerprint density at radius 2 is 1.54 bits per heavy atom. The molecule has 2 fully saturated rings. The first-order valence-corrected chi connectivity index (χ1v) is 13.1. The van der Waals surface area contributed by atoms with Crippen LogP contribution in [0.2, 0.25) is 0 Å². The number of benzene rings is 1. The van der Waals surface area contributed by atoms with Crippen LogP contribution in [-0.4, -0.2) is 59.9 Å². The maximum absolute atomic E-state index is 11.9. The Balaban J connectivity index is 1.28. The van der Waals surface area contributed by atoms with Crippen LogP contribution in [0.4, 0.5) is 17.8 Å². The zero-order valence-electron chi connectivity index (χ0n) is 21.2. The molecular weight excluding hydrogens is 470 g/mol. The molecule has 1 aromatic carbocycles. The van der Waals surface area contributed by atoms with Gasteiger partial charge in [0.05, 0.1) is 18.4 Å². The van der Waals surface area contributed by atoms with Gasteiger partial charge in [-0.2, -0.15) is 20.1 Å². The maximum atomic E-state index is 11.9. The molecule has 2 aromatic heterocycles. The molecule has 0 saturated carbocycles. The summed E-state index contributed by atoms with van der Waals surface area (Å²) in [6.07, 6.45) is 8.70. The van der Waals surface area contributed by atoms with E-state index < -0.39 is 0 Å². The first kappa shape index (κ1) is 24.7. The molecule has 10 nitrogen and oxygen atoms in total. The molecule has 0 amide bonds. The molecular formula is C27H33N7O3. The number of nitrogens with one attached hydrogen (secondary N) is 1. The summed E-state index contributed by atoms with van der Waals surface area (Å²) < 4.78 is 11.0. The summed E-state index contributed by atoms with van der Waals surface area (Å²) in [6, 6.07) is 10.8. The van der Waals surface area contributed by atoms with E-state index in [0.717, 1.165) is 57.4 Å². The van der Waals surface area contributed by atoms with Gasteiger partial charge in [-0.15, -0.1) is 0 Å². The third kappa shape index (κ3) is 6.25. The molecule has 5 rings (SSSR count). The van der Waals surface area contributed by atoms with Gasteiger partial charge < -0.3 is 19.0 Å². The van der Waals surface area contributed by atoms with Gasteiger partial charge in [0, 0.05) is 31.7 Å². The molecule has 194 valence electrons. The van der Waals surface area contributed by atoms with E-state index in [1.807, 2.05) is 24.3 Å². The van der Waals surface area contributed by atoms with Crippen molar-refractivity contribution in [3.05, 3.63) is 47.7 Å². The number of furan rings is 1. The first-order valence-electron chi connectivity index (χ1n) is 13.1. The highest BCUT2D eigenvalue weighted by Gasteiger charge is 2.20. The lowest BCUT2D eigenvalue weighted by Crippen LogP contribution is -2.34. The van der Waals surface area contributed by atoms with E-state index in [1.165, 1.54) is 12.8 Å². The van der Waals surface area contributed by atoms with Crippen molar-refractivity contribution in [3.8, 4) is 11.3 Å². The lowest BCUT2D eigenvalue weighted by Gasteiger charge is -2.30. The minimum Gasteiger partial charge on any atom is -0.462 e. The van der Waals surface area contributed by atoms with Crippen molar-refractivity contribution < 1.29 is 13.9 Å². The van der Waals surface area contributed by atoms with Crippen LogP contribution in [0, 0.1) is 0 Å². The van der Waals surface area contributed by atoms with Crippen molar-refractivity contribution in [1.29, 1.82) is 0 Å². The van der Waals surface area contributed by atoms with Crippen molar-refractivity contribution >= 4 is 30.0 Å². The van der Waals surface area contributed by atoms with Crippen LogP contribution < -0.4 is 15.2 Å². The van der Waals surface area contributed by atoms with Crippen LogP contribution in [0.1, 0.15) is 61.6 Å². The van der Waals surface area contributed by atoms with Crippen molar-refractivity contribution in [1.82, 2.24) is 15.0 Å². The average Bonchev–Trinajstić information content (AvgIpc) is 3.43. The monoisotopic (exact) mass is 503 g/mol. The zero-order chi connectivity index (χ0) is 25.5. The third-order valence-electron chi connectivity index (χ3n) is 6.55. The number of carbonyl (C=O) groups is 1. The molecule has 0 radical (unpaired) electrons. The fourth-order valence-corrected chi connectivity index (χ4v) is 4.59. The Morgan fingerprint density at radius 1 is 0.919 bits per heavy atom. The maximum Gasteiger partial charge on any atom is 0.338 e. The number of piperidine rings is 2. The molecule has 0 atom stereocenters. The van der Waals surface area contributed by atoms with Gasteiger partial charge in [0.15, 0.2) is 0 Å². The zero-order valence-corrected chi connectivity index (χ0v) is 21.2. The van der Waals surface area contributed by atoms with Gasteiger partial charge >= 0.3 is 5.97 Å². The van der Waals surface area contributed by atoms with Gasteiger partial charge in [-0.05, 0) is 69.7 Å². The molecule has 0 spiro atoms. The standard InChI is InChI=1S/C27H33N7O3/c1-2-36-24(35)21-11-9-20(10-12-21)23-14-13-22(37-23)19-28-32-25-29-26(33-15-5-3-6-16-33)31-27(30-25)34-17-7-4-8-18-34/h9-14,19H,2-8,15-18H2,1H3,(H,29,30,31,32)/b28-19-. The number of carbonyl (C=O) groups excluding carboxylic acids is 1. The highest BCUT2D eigenvalue weighted by molar-refractivity contribution is 5.90. The van der Waals surface area contributed by atoms with Gasteiger partial charge in [0.2, 0.25) is 17.8 Å². The molecule has 4 heterocycles. The molecule has 0 aliphatic carbocycles. The summed E-state index contributed by atoms with van der Waals surface area (Å²) >= 11 is 0. The molecule has 3 aromatic rings. The van der Waals surface area contributed by atoms with Gasteiger partial charge in [0.1, 0.15) is 11.5 Å². The number of ether oxygens (including phenoxy) is 1. The summed E-state index contributed by atoms with van der Waals surface area (Å²) in [6.45, 7) is 5.97. The highest BCUT2D eigenvalue weighted by atomic mass is 16.5. The Bertz CT molecular complexity index is 1180. The number of hydrogen-bond donors (Lipinski definition) is 1. The number of esters is 1. The quantitative estimate of drug-likeness (QED) is 0.265. The van der Waals surface area contributed by atoms with Crippen molar-refractivity contribution in [2.24, 2.45) is 5.10 Å². The van der Waals surface area contributed by atoms with E-state index in [1.54, 1.807) is 25.3 Å². The topological polar surface area (TPSA) is 109 Å². The molecule has 1 N–H and O–H groups in total. The minimum atomic E-state index is -0.336. The smallest absolute Gasteiger partial charge is 0.338 e. The largest absolute Gasteiger partial charge is 0.462 e. The average molecular weight is 504 g/mol. The van der Waals surface area contributed by atoms with E-state index in [2.05, 4.69) is 30.3 Å². The molecule has 2 aliphatic rings. The number of hydrogen-bond acceptors (Lipinski definition) is 10. The molecule has 2 aliphatic heterocycles. The van der Waals surface area contributed by atoms with Crippen molar-refractivity contribution in [2.75, 3.05) is 48.0 Å². The third-order valence-corrected chi connectivity index (χ3v) is 6.55. The van der Waals surface area contributed by atoms with E-state index >= 15 is 0 Å². The SMILES string of the molecule is CCOC(=O)c1ccc(-c2ccc(/C=N\Nc3nc(N4CCCCC4)nc(N4CCCCC4)n3)o2)cc1. The fraction of sp³-hybridized carbons (Fsp3) is 0.444. The summed E-state index contributed by atoms with van der Waals surface area (Å²) in [5.41, 5.74) is 4.34. The van der Waals surface area contributed by atoms with Crippen LogP contribution in [0.15, 0.2) is 45.9 Å². The number of nitrogens with zero attached hydrogens (tertiary/aromatic N) is 6. The Morgan fingerprint density at radius 3 is 2.14 bits per heavy atom. The highest BCUT2D eigenvalue weighted by Crippen LogP contribution is 2.24. The lowest BCUT2D eigenvalue weighted by molar-refractivity contribution is 0.0526. The summed E-state index contributed by atoms with van der Waals surface area (Å²) in [5.74, 6) is 2.76. The first-order chi connectivity index (χ1) is 18.2.